The van der Waals surface area contributed by atoms with Crippen LogP contribution in [0.1, 0.15) is 45.6 Å². The molecule has 1 aromatic carbocycles. The van der Waals surface area contributed by atoms with Crippen LogP contribution in [0.15, 0.2) is 41.1 Å². The highest BCUT2D eigenvalue weighted by Crippen LogP contribution is 2.55. The SMILES string of the molecule is CCCOc1ccc([C@H]2[C@H]3CN(C(=O)OC(C)(C)C)CC=C3C(C#N)=C(N)C2(C#N)C#N)cc1OC. The maximum atomic E-state index is 12.9. The van der Waals surface area contributed by atoms with Crippen LogP contribution in [0.2, 0.25) is 0 Å². The molecule has 2 N–H and O–H groups in total. The van der Waals surface area contributed by atoms with Crippen molar-refractivity contribution in [2.75, 3.05) is 26.8 Å². The Labute approximate surface area is 211 Å². The fraction of sp³-hybridized carbons (Fsp3) is 0.481. The quantitative estimate of drug-likeness (QED) is 0.649. The number of allylic oxidation sites excluding steroid dienone is 2. The Morgan fingerprint density at radius 3 is 2.47 bits per heavy atom. The third-order valence-corrected chi connectivity index (χ3v) is 6.32. The summed E-state index contributed by atoms with van der Waals surface area (Å²) in [6.45, 7) is 8.19. The second kappa shape index (κ2) is 10.2. The molecule has 1 amide bonds. The molecule has 0 fully saturated rings. The van der Waals surface area contributed by atoms with Crippen molar-refractivity contribution in [2.45, 2.75) is 45.6 Å². The first kappa shape index (κ1) is 26.4. The molecule has 9 nitrogen and oxygen atoms in total. The summed E-state index contributed by atoms with van der Waals surface area (Å²) in [5.41, 5.74) is 5.10. The first-order valence-corrected chi connectivity index (χ1v) is 11.8. The molecule has 2 aliphatic rings. The van der Waals surface area contributed by atoms with Crippen LogP contribution in [0.4, 0.5) is 4.79 Å². The zero-order valence-electron chi connectivity index (χ0n) is 21.3. The molecule has 3 rings (SSSR count). The average molecular weight is 490 g/mol. The zero-order chi connectivity index (χ0) is 26.7. The van der Waals surface area contributed by atoms with Crippen molar-refractivity contribution >= 4 is 6.09 Å². The van der Waals surface area contributed by atoms with Crippen molar-refractivity contribution in [3.05, 3.63) is 46.7 Å². The number of fused-ring (bicyclic) bond motifs is 1. The van der Waals surface area contributed by atoms with Gasteiger partial charge < -0.3 is 24.8 Å². The van der Waals surface area contributed by atoms with Gasteiger partial charge in [0.2, 0.25) is 0 Å². The van der Waals surface area contributed by atoms with Crippen molar-refractivity contribution in [1.29, 1.82) is 15.8 Å². The van der Waals surface area contributed by atoms with Gasteiger partial charge in [0.25, 0.3) is 0 Å². The molecule has 1 heterocycles. The molecule has 0 spiro atoms. The molecule has 0 aromatic heterocycles. The second-order valence-corrected chi connectivity index (χ2v) is 9.82. The van der Waals surface area contributed by atoms with E-state index in [9.17, 15) is 20.6 Å². The molecule has 2 atom stereocenters. The minimum Gasteiger partial charge on any atom is -0.493 e. The molecular formula is C27H31N5O4. The topological polar surface area (TPSA) is 145 Å². The smallest absolute Gasteiger partial charge is 0.410 e. The van der Waals surface area contributed by atoms with Gasteiger partial charge in [-0.15, -0.1) is 0 Å². The van der Waals surface area contributed by atoms with E-state index >= 15 is 0 Å². The highest BCUT2D eigenvalue weighted by molar-refractivity contribution is 5.70. The van der Waals surface area contributed by atoms with Gasteiger partial charge in [-0.25, -0.2) is 4.79 Å². The molecule has 0 bridgehead atoms. The molecular weight excluding hydrogens is 458 g/mol. The first-order chi connectivity index (χ1) is 17.1. The van der Waals surface area contributed by atoms with Crippen molar-refractivity contribution in [3.63, 3.8) is 0 Å². The van der Waals surface area contributed by atoms with Gasteiger partial charge in [0.05, 0.1) is 37.1 Å². The van der Waals surface area contributed by atoms with E-state index in [1.807, 2.05) is 6.92 Å². The van der Waals surface area contributed by atoms with Gasteiger partial charge in [-0.2, -0.15) is 15.8 Å². The monoisotopic (exact) mass is 489 g/mol. The summed E-state index contributed by atoms with van der Waals surface area (Å²) in [4.78, 5) is 14.4. The van der Waals surface area contributed by atoms with E-state index < -0.39 is 28.9 Å². The fourth-order valence-corrected chi connectivity index (χ4v) is 4.74. The number of nitrogens with two attached hydrogens (primary N) is 1. The van der Waals surface area contributed by atoms with Crippen molar-refractivity contribution in [3.8, 4) is 29.7 Å². The summed E-state index contributed by atoms with van der Waals surface area (Å²) in [6.07, 6.45) is 2.05. The Balaban J connectivity index is 2.19. The minimum atomic E-state index is -1.83. The van der Waals surface area contributed by atoms with Gasteiger partial charge in [0, 0.05) is 24.9 Å². The summed E-state index contributed by atoms with van der Waals surface area (Å²) in [5, 5.41) is 30.5. The minimum absolute atomic E-state index is 0.0847. The molecule has 0 unspecified atom stereocenters. The van der Waals surface area contributed by atoms with E-state index in [2.05, 4.69) is 18.2 Å². The van der Waals surface area contributed by atoms with Crippen LogP contribution >= 0.6 is 0 Å². The van der Waals surface area contributed by atoms with Crippen LogP contribution < -0.4 is 15.2 Å². The van der Waals surface area contributed by atoms with Gasteiger partial charge in [0.15, 0.2) is 16.9 Å². The lowest BCUT2D eigenvalue weighted by atomic mass is 9.58. The Hall–Kier alpha value is -4.16. The predicted molar refractivity (Wildman–Crippen MR) is 131 cm³/mol. The van der Waals surface area contributed by atoms with E-state index in [4.69, 9.17) is 19.9 Å². The molecule has 1 aromatic rings. The molecule has 0 radical (unpaired) electrons. The summed E-state index contributed by atoms with van der Waals surface area (Å²) in [5.74, 6) is -0.353. The molecule has 1 aliphatic heterocycles. The molecule has 188 valence electrons. The Bertz CT molecular complexity index is 1210. The second-order valence-electron chi connectivity index (χ2n) is 9.82. The number of nitriles is 3. The maximum absolute atomic E-state index is 12.9. The largest absolute Gasteiger partial charge is 0.493 e. The van der Waals surface area contributed by atoms with E-state index in [1.54, 1.807) is 45.0 Å². The lowest BCUT2D eigenvalue weighted by molar-refractivity contribution is 0.0224. The summed E-state index contributed by atoms with van der Waals surface area (Å²) >= 11 is 0. The van der Waals surface area contributed by atoms with Crippen LogP contribution in [-0.4, -0.2) is 43.4 Å². The molecule has 1 aliphatic carbocycles. The van der Waals surface area contributed by atoms with Crippen LogP contribution in [0.3, 0.4) is 0 Å². The van der Waals surface area contributed by atoms with E-state index in [0.29, 0.717) is 29.2 Å². The number of ether oxygens (including phenoxy) is 3. The number of hydrogen-bond acceptors (Lipinski definition) is 8. The highest BCUT2D eigenvalue weighted by atomic mass is 16.6. The van der Waals surface area contributed by atoms with Crippen LogP contribution in [-0.2, 0) is 4.74 Å². The highest BCUT2D eigenvalue weighted by Gasteiger charge is 2.55. The number of nitrogens with zero attached hydrogens (tertiary/aromatic N) is 4. The number of carbonyl (C=O) groups is 1. The number of hydrogen-bond donors (Lipinski definition) is 1. The molecule has 36 heavy (non-hydrogen) atoms. The lowest BCUT2D eigenvalue weighted by Gasteiger charge is -2.45. The zero-order valence-corrected chi connectivity index (χ0v) is 21.3. The van der Waals surface area contributed by atoms with Crippen molar-refractivity contribution in [2.24, 2.45) is 17.1 Å². The summed E-state index contributed by atoms with van der Waals surface area (Å²) < 4.78 is 16.9. The molecule has 0 saturated heterocycles. The van der Waals surface area contributed by atoms with E-state index in [-0.39, 0.29) is 24.4 Å². The van der Waals surface area contributed by atoms with Crippen LogP contribution in [0, 0.1) is 45.3 Å². The lowest BCUT2D eigenvalue weighted by Crippen LogP contribution is -2.50. The van der Waals surface area contributed by atoms with Gasteiger partial charge in [-0.3, -0.25) is 0 Å². The number of methoxy groups -OCH3 is 1. The van der Waals surface area contributed by atoms with Crippen molar-refractivity contribution < 1.29 is 19.0 Å². The van der Waals surface area contributed by atoms with Gasteiger partial charge >= 0.3 is 6.09 Å². The Morgan fingerprint density at radius 2 is 1.92 bits per heavy atom. The standard InChI is InChI=1S/C27H31N5O4/c1-6-11-35-21-8-7-17(12-22(21)34-5)23-20-14-32(25(33)36-26(2,3)4)10-9-18(20)19(13-28)24(31)27(23,15-29)16-30/h7-9,12,20,23H,6,10-11,14,31H2,1-5H3/t20-,23-/m0/s1. The normalized spacial score (nSPS) is 20.7. The Morgan fingerprint density at radius 1 is 1.22 bits per heavy atom. The first-order valence-electron chi connectivity index (χ1n) is 11.8. The van der Waals surface area contributed by atoms with Crippen molar-refractivity contribution in [1.82, 2.24) is 4.90 Å². The number of amides is 1. The third kappa shape index (κ3) is 4.68. The van der Waals surface area contributed by atoms with Gasteiger partial charge in [0.1, 0.15) is 11.7 Å². The van der Waals surface area contributed by atoms with Crippen LogP contribution in [0.5, 0.6) is 11.5 Å². The third-order valence-electron chi connectivity index (χ3n) is 6.32. The van der Waals surface area contributed by atoms with Gasteiger partial charge in [-0.1, -0.05) is 19.1 Å². The summed E-state index contributed by atoms with van der Waals surface area (Å²) in [6, 6.07) is 11.5. The molecule has 0 saturated carbocycles. The number of benzene rings is 1. The van der Waals surface area contributed by atoms with E-state index in [1.165, 1.54) is 12.0 Å². The fourth-order valence-electron chi connectivity index (χ4n) is 4.74. The average Bonchev–Trinajstić information content (AvgIpc) is 2.85. The summed E-state index contributed by atoms with van der Waals surface area (Å²) in [7, 11) is 1.51. The molecule has 9 heteroatoms. The predicted octanol–water partition coefficient (Wildman–Crippen LogP) is 4.14. The number of carbonyl (C=O) groups excluding carboxylic acids is 1. The van der Waals surface area contributed by atoms with E-state index in [0.717, 1.165) is 6.42 Å². The maximum Gasteiger partial charge on any atom is 0.410 e. The van der Waals surface area contributed by atoms with Gasteiger partial charge in [-0.05, 0) is 50.5 Å². The Kier molecular flexibility index (Phi) is 7.51. The van der Waals surface area contributed by atoms with Crippen LogP contribution in [0.25, 0.3) is 0 Å². The number of rotatable bonds is 5.